The van der Waals surface area contributed by atoms with Gasteiger partial charge >= 0.3 is 0 Å². The fraction of sp³-hybridized carbons (Fsp3) is 0.0667. The van der Waals surface area contributed by atoms with Gasteiger partial charge in [0, 0.05) is 0 Å². The van der Waals surface area contributed by atoms with Gasteiger partial charge in [-0.05, 0) is 29.3 Å². The zero-order valence-corrected chi connectivity index (χ0v) is 9.55. The van der Waals surface area contributed by atoms with Crippen LogP contribution in [0.5, 0.6) is 0 Å². The molecule has 0 aliphatic rings. The van der Waals surface area contributed by atoms with Crippen LogP contribution < -0.4 is 0 Å². The Morgan fingerprint density at radius 3 is 2.22 bits per heavy atom. The number of aliphatic hydroxyl groups is 1. The van der Waals surface area contributed by atoms with Gasteiger partial charge in [-0.25, -0.2) is 8.78 Å². The predicted octanol–water partition coefficient (Wildman–Crippen LogP) is 3.87. The molecule has 0 saturated carbocycles. The summed E-state index contributed by atoms with van der Waals surface area (Å²) in [6.45, 7) is 0. The Kier molecular flexibility index (Phi) is 3.85. The Balaban J connectivity index is 2.20. The third kappa shape index (κ3) is 3.02. The minimum absolute atomic E-state index is 0.379. The van der Waals surface area contributed by atoms with Crippen molar-refractivity contribution in [3.05, 3.63) is 77.4 Å². The summed E-state index contributed by atoms with van der Waals surface area (Å²) in [5, 5.41) is 9.79. The monoisotopic (exact) mass is 246 g/mol. The molecule has 2 aromatic carbocycles. The third-order valence-corrected chi connectivity index (χ3v) is 2.55. The summed E-state index contributed by atoms with van der Waals surface area (Å²) in [6.07, 6.45) is -0.104. The van der Waals surface area contributed by atoms with E-state index < -0.39 is 11.9 Å². The van der Waals surface area contributed by atoms with E-state index in [1.54, 1.807) is 30.3 Å². The van der Waals surface area contributed by atoms with Crippen molar-refractivity contribution in [3.8, 4) is 0 Å². The van der Waals surface area contributed by atoms with Gasteiger partial charge in [0.25, 0.3) is 0 Å². The predicted molar refractivity (Wildman–Crippen MR) is 66.9 cm³/mol. The molecular formula is C15H12F2O. The molecule has 2 rings (SSSR count). The average molecular weight is 246 g/mol. The highest BCUT2D eigenvalue weighted by molar-refractivity contribution is 5.52. The van der Waals surface area contributed by atoms with Crippen LogP contribution in [0.1, 0.15) is 17.2 Å². The third-order valence-electron chi connectivity index (χ3n) is 2.55. The quantitative estimate of drug-likeness (QED) is 0.871. The Morgan fingerprint density at radius 1 is 1.00 bits per heavy atom. The number of halogens is 2. The summed E-state index contributed by atoms with van der Waals surface area (Å²) >= 11 is 0. The first-order chi connectivity index (χ1) is 8.66. The average Bonchev–Trinajstić information content (AvgIpc) is 2.41. The molecule has 0 aliphatic heterocycles. The van der Waals surface area contributed by atoms with Crippen LogP contribution in [0.25, 0.3) is 6.08 Å². The topological polar surface area (TPSA) is 20.2 Å². The normalized spacial score (nSPS) is 13.4. The van der Waals surface area contributed by atoms with Crippen LogP contribution in [0, 0.1) is 5.82 Å². The van der Waals surface area contributed by atoms with Crippen LogP contribution in [-0.4, -0.2) is 5.11 Å². The van der Waals surface area contributed by atoms with E-state index in [2.05, 4.69) is 0 Å². The lowest BCUT2D eigenvalue weighted by Crippen LogP contribution is -1.97. The van der Waals surface area contributed by atoms with Crippen LogP contribution in [0.2, 0.25) is 0 Å². The molecule has 92 valence electrons. The molecule has 0 fully saturated rings. The Bertz CT molecular complexity index is 532. The van der Waals surface area contributed by atoms with Crippen molar-refractivity contribution in [2.75, 3.05) is 0 Å². The molecule has 0 aromatic heterocycles. The zero-order valence-electron chi connectivity index (χ0n) is 9.55. The van der Waals surface area contributed by atoms with Crippen molar-refractivity contribution in [2.45, 2.75) is 6.10 Å². The number of aliphatic hydroxyl groups excluding tert-OH is 1. The molecule has 2 aromatic rings. The van der Waals surface area contributed by atoms with Gasteiger partial charge in [0.05, 0.1) is 0 Å². The molecule has 0 bridgehead atoms. The van der Waals surface area contributed by atoms with E-state index in [0.29, 0.717) is 11.1 Å². The first kappa shape index (κ1) is 12.5. The Morgan fingerprint density at radius 2 is 1.61 bits per heavy atom. The van der Waals surface area contributed by atoms with Crippen LogP contribution >= 0.6 is 0 Å². The van der Waals surface area contributed by atoms with Crippen LogP contribution in [0.15, 0.2) is 60.4 Å². The zero-order chi connectivity index (χ0) is 13.0. The van der Waals surface area contributed by atoms with Gasteiger partial charge in [-0.15, -0.1) is 0 Å². The highest BCUT2D eigenvalue weighted by atomic mass is 19.1. The summed E-state index contributed by atoms with van der Waals surface area (Å²) in [5.74, 6) is -1.05. The van der Waals surface area contributed by atoms with Gasteiger partial charge in [0.15, 0.2) is 0 Å². The molecule has 1 unspecified atom stereocenters. The molecule has 0 aliphatic carbocycles. The standard InChI is InChI=1S/C15H12F2O/c16-13-8-6-11(7-9-13)10-14(17)15(18)12-4-2-1-3-5-12/h1-10,15,18H/b14-10-. The van der Waals surface area contributed by atoms with Crippen molar-refractivity contribution < 1.29 is 13.9 Å². The molecule has 3 heteroatoms. The highest BCUT2D eigenvalue weighted by Gasteiger charge is 2.12. The molecule has 1 atom stereocenters. The van der Waals surface area contributed by atoms with E-state index in [-0.39, 0.29) is 5.82 Å². The fourth-order valence-electron chi connectivity index (χ4n) is 1.59. The molecule has 1 nitrogen and oxygen atoms in total. The lowest BCUT2D eigenvalue weighted by Gasteiger charge is -2.08. The Labute approximate surface area is 104 Å². The van der Waals surface area contributed by atoms with Gasteiger partial charge in [-0.3, -0.25) is 0 Å². The number of benzene rings is 2. The maximum Gasteiger partial charge on any atom is 0.134 e. The number of hydrogen-bond acceptors (Lipinski definition) is 1. The minimum Gasteiger partial charge on any atom is -0.381 e. The smallest absolute Gasteiger partial charge is 0.134 e. The van der Waals surface area contributed by atoms with Gasteiger partial charge in [0.2, 0.25) is 0 Å². The highest BCUT2D eigenvalue weighted by Crippen LogP contribution is 2.24. The SMILES string of the molecule is OC(/C(F)=C/c1ccc(F)cc1)c1ccccc1. The molecule has 0 heterocycles. The lowest BCUT2D eigenvalue weighted by atomic mass is 10.1. The number of hydrogen-bond donors (Lipinski definition) is 1. The molecule has 0 saturated heterocycles. The molecular weight excluding hydrogens is 234 g/mol. The second-order valence-electron chi connectivity index (χ2n) is 3.89. The van der Waals surface area contributed by atoms with Gasteiger partial charge < -0.3 is 5.11 Å². The lowest BCUT2D eigenvalue weighted by molar-refractivity contribution is 0.188. The van der Waals surface area contributed by atoms with E-state index in [9.17, 15) is 13.9 Å². The van der Waals surface area contributed by atoms with Gasteiger partial charge in [-0.2, -0.15) is 0 Å². The molecule has 18 heavy (non-hydrogen) atoms. The van der Waals surface area contributed by atoms with Crippen molar-refractivity contribution in [1.29, 1.82) is 0 Å². The van der Waals surface area contributed by atoms with Crippen molar-refractivity contribution >= 4 is 6.08 Å². The van der Waals surface area contributed by atoms with E-state index in [0.717, 1.165) is 0 Å². The second kappa shape index (κ2) is 5.56. The molecule has 0 spiro atoms. The first-order valence-corrected chi connectivity index (χ1v) is 5.52. The minimum atomic E-state index is -1.30. The Hall–Kier alpha value is -2.00. The summed E-state index contributed by atoms with van der Waals surface area (Å²) in [7, 11) is 0. The summed E-state index contributed by atoms with van der Waals surface area (Å²) in [5.41, 5.74) is 0.984. The van der Waals surface area contributed by atoms with E-state index in [1.165, 1.54) is 30.3 Å². The fourth-order valence-corrected chi connectivity index (χ4v) is 1.59. The van der Waals surface area contributed by atoms with Crippen LogP contribution in [0.3, 0.4) is 0 Å². The summed E-state index contributed by atoms with van der Waals surface area (Å²) < 4.78 is 26.5. The van der Waals surface area contributed by atoms with Crippen LogP contribution in [0.4, 0.5) is 8.78 Å². The summed E-state index contributed by atoms with van der Waals surface area (Å²) in [6, 6.07) is 13.9. The number of rotatable bonds is 3. The maximum absolute atomic E-state index is 13.8. The van der Waals surface area contributed by atoms with Crippen molar-refractivity contribution in [2.24, 2.45) is 0 Å². The maximum atomic E-state index is 13.8. The van der Waals surface area contributed by atoms with Gasteiger partial charge in [-0.1, -0.05) is 42.5 Å². The van der Waals surface area contributed by atoms with E-state index in [4.69, 9.17) is 0 Å². The first-order valence-electron chi connectivity index (χ1n) is 5.52. The van der Waals surface area contributed by atoms with Crippen LogP contribution in [-0.2, 0) is 0 Å². The molecule has 0 radical (unpaired) electrons. The summed E-state index contributed by atoms with van der Waals surface area (Å²) in [4.78, 5) is 0. The molecule has 1 N–H and O–H groups in total. The largest absolute Gasteiger partial charge is 0.381 e. The second-order valence-corrected chi connectivity index (χ2v) is 3.89. The van der Waals surface area contributed by atoms with Crippen molar-refractivity contribution in [3.63, 3.8) is 0 Å². The van der Waals surface area contributed by atoms with Gasteiger partial charge in [0.1, 0.15) is 17.7 Å². The van der Waals surface area contributed by atoms with E-state index >= 15 is 0 Å². The van der Waals surface area contributed by atoms with E-state index in [1.807, 2.05) is 0 Å². The van der Waals surface area contributed by atoms with Crippen molar-refractivity contribution in [1.82, 2.24) is 0 Å². The molecule has 0 amide bonds.